The molecule has 0 heterocycles. The first-order chi connectivity index (χ1) is 13.6. The number of benzene rings is 3. The molecule has 0 aliphatic carbocycles. The maximum Gasteiger partial charge on any atom is 0.303 e. The number of aryl methyl sites for hydroxylation is 1. The van der Waals surface area contributed by atoms with Gasteiger partial charge in [0.2, 0.25) is 0 Å². The Morgan fingerprint density at radius 1 is 0.714 bits per heavy atom. The van der Waals surface area contributed by atoms with E-state index in [0.717, 1.165) is 39.7 Å². The monoisotopic (exact) mass is 375 g/mol. The van der Waals surface area contributed by atoms with E-state index in [9.17, 15) is 4.79 Å². The minimum atomic E-state index is -0.784. The highest BCUT2D eigenvalue weighted by molar-refractivity contribution is 5.67. The molecule has 4 heteroatoms. The number of rotatable bonds is 8. The fourth-order valence-corrected chi connectivity index (χ4v) is 3.10. The summed E-state index contributed by atoms with van der Waals surface area (Å²) in [6, 6.07) is 24.0. The van der Waals surface area contributed by atoms with Crippen LogP contribution in [0.25, 0.3) is 0 Å². The highest BCUT2D eigenvalue weighted by Crippen LogP contribution is 2.33. The molecule has 143 valence electrons. The van der Waals surface area contributed by atoms with Crippen LogP contribution in [0.3, 0.4) is 0 Å². The molecule has 0 aliphatic rings. The van der Waals surface area contributed by atoms with Crippen LogP contribution in [0.5, 0.6) is 11.5 Å². The molecule has 0 aliphatic heterocycles. The molecular formula is C24H23O4. The fourth-order valence-electron chi connectivity index (χ4n) is 3.10. The van der Waals surface area contributed by atoms with Gasteiger partial charge >= 0.3 is 5.97 Å². The summed E-state index contributed by atoms with van der Waals surface area (Å²) >= 11 is 0. The highest BCUT2D eigenvalue weighted by Gasteiger charge is 2.18. The van der Waals surface area contributed by atoms with Crippen LogP contribution in [0.1, 0.15) is 28.7 Å². The van der Waals surface area contributed by atoms with Gasteiger partial charge in [0, 0.05) is 6.42 Å². The molecule has 1 radical (unpaired) electrons. The zero-order valence-corrected chi connectivity index (χ0v) is 16.0. The molecule has 1 N–H and O–H groups in total. The Bertz CT molecular complexity index is 849. The number of aliphatic carboxylic acids is 1. The van der Waals surface area contributed by atoms with E-state index in [0.29, 0.717) is 6.42 Å². The van der Waals surface area contributed by atoms with E-state index in [2.05, 4.69) is 0 Å². The van der Waals surface area contributed by atoms with Gasteiger partial charge in [-0.3, -0.25) is 4.79 Å². The van der Waals surface area contributed by atoms with Crippen molar-refractivity contribution in [1.82, 2.24) is 0 Å². The van der Waals surface area contributed by atoms with Gasteiger partial charge in [-0.25, -0.2) is 0 Å². The molecule has 0 saturated heterocycles. The minimum absolute atomic E-state index is 0.132. The van der Waals surface area contributed by atoms with E-state index < -0.39 is 5.97 Å². The Morgan fingerprint density at radius 2 is 1.11 bits per heavy atom. The standard InChI is InChI=1S/C24H23O4/c1-27-21-12-8-19(9-13-21)24(20-10-14-22(28-2)15-11-20)18-6-3-17(4-7-18)5-16-23(25)26/h3-4,6-15H,5,16H2,1-2H3,(H,25,26). The van der Waals surface area contributed by atoms with Gasteiger partial charge in [0.15, 0.2) is 0 Å². The van der Waals surface area contributed by atoms with Crippen molar-refractivity contribution in [1.29, 1.82) is 0 Å². The summed E-state index contributed by atoms with van der Waals surface area (Å²) in [6.07, 6.45) is 0.656. The van der Waals surface area contributed by atoms with E-state index >= 15 is 0 Å². The average molecular weight is 375 g/mol. The number of carbonyl (C=O) groups is 1. The minimum Gasteiger partial charge on any atom is -0.497 e. The molecule has 3 aromatic carbocycles. The zero-order chi connectivity index (χ0) is 19.9. The first-order valence-corrected chi connectivity index (χ1v) is 9.07. The van der Waals surface area contributed by atoms with Crippen molar-refractivity contribution in [3.63, 3.8) is 0 Å². The lowest BCUT2D eigenvalue weighted by molar-refractivity contribution is -0.136. The zero-order valence-electron chi connectivity index (χ0n) is 16.0. The van der Waals surface area contributed by atoms with Gasteiger partial charge in [-0.2, -0.15) is 0 Å². The van der Waals surface area contributed by atoms with Crippen molar-refractivity contribution in [2.75, 3.05) is 14.2 Å². The van der Waals surface area contributed by atoms with Crippen LogP contribution in [0, 0.1) is 5.92 Å². The predicted molar refractivity (Wildman–Crippen MR) is 109 cm³/mol. The maximum absolute atomic E-state index is 10.8. The van der Waals surface area contributed by atoms with Gasteiger partial charge in [0.1, 0.15) is 11.5 Å². The number of carboxylic acid groups (broad SMARTS) is 1. The first-order valence-electron chi connectivity index (χ1n) is 9.07. The molecule has 0 atom stereocenters. The second-order valence-electron chi connectivity index (χ2n) is 6.42. The summed E-state index contributed by atoms with van der Waals surface area (Å²) in [5.41, 5.74) is 4.22. The number of hydrogen-bond donors (Lipinski definition) is 1. The van der Waals surface area contributed by atoms with Crippen molar-refractivity contribution in [3.8, 4) is 11.5 Å². The molecule has 0 unspecified atom stereocenters. The van der Waals surface area contributed by atoms with Crippen LogP contribution in [0.2, 0.25) is 0 Å². The third-order valence-electron chi connectivity index (χ3n) is 4.63. The molecule has 0 saturated carbocycles. The summed E-state index contributed by atoms with van der Waals surface area (Å²) in [5, 5.41) is 8.88. The molecule has 0 amide bonds. The Kier molecular flexibility index (Phi) is 6.33. The largest absolute Gasteiger partial charge is 0.497 e. The van der Waals surface area contributed by atoms with Crippen molar-refractivity contribution in [2.24, 2.45) is 0 Å². The molecule has 3 aromatic rings. The van der Waals surface area contributed by atoms with Crippen molar-refractivity contribution in [3.05, 3.63) is 101 Å². The maximum atomic E-state index is 10.8. The van der Waals surface area contributed by atoms with E-state index in [-0.39, 0.29) is 6.42 Å². The van der Waals surface area contributed by atoms with Crippen LogP contribution in [-0.2, 0) is 11.2 Å². The molecule has 0 fully saturated rings. The Morgan fingerprint density at radius 3 is 1.46 bits per heavy atom. The lowest BCUT2D eigenvalue weighted by atomic mass is 9.84. The van der Waals surface area contributed by atoms with Crippen LogP contribution in [-0.4, -0.2) is 25.3 Å². The third kappa shape index (κ3) is 4.71. The summed E-state index contributed by atoms with van der Waals surface area (Å²) in [5.74, 6) is 1.92. The molecule has 28 heavy (non-hydrogen) atoms. The molecule has 4 nitrogen and oxygen atoms in total. The van der Waals surface area contributed by atoms with Gasteiger partial charge in [0.05, 0.1) is 20.1 Å². The van der Waals surface area contributed by atoms with Gasteiger partial charge < -0.3 is 14.6 Å². The fraction of sp³-hybridized carbons (Fsp3) is 0.167. The quantitative estimate of drug-likeness (QED) is 0.578. The second kappa shape index (κ2) is 9.09. The van der Waals surface area contributed by atoms with Crippen LogP contribution < -0.4 is 9.47 Å². The average Bonchev–Trinajstić information content (AvgIpc) is 2.74. The highest BCUT2D eigenvalue weighted by atomic mass is 16.5. The molecular weight excluding hydrogens is 352 g/mol. The van der Waals surface area contributed by atoms with E-state index in [1.165, 1.54) is 0 Å². The second-order valence-corrected chi connectivity index (χ2v) is 6.42. The number of hydrogen-bond acceptors (Lipinski definition) is 3. The molecule has 3 rings (SSSR count). The van der Waals surface area contributed by atoms with Gasteiger partial charge in [-0.15, -0.1) is 0 Å². The van der Waals surface area contributed by atoms with Crippen molar-refractivity contribution < 1.29 is 19.4 Å². The van der Waals surface area contributed by atoms with E-state index in [4.69, 9.17) is 14.6 Å². The lowest BCUT2D eigenvalue weighted by Crippen LogP contribution is -2.05. The summed E-state index contributed by atoms with van der Waals surface area (Å²) < 4.78 is 10.6. The SMILES string of the molecule is COc1ccc([C](c2ccc(CCC(=O)O)cc2)c2ccc(OC)cc2)cc1. The molecule has 0 bridgehead atoms. The van der Waals surface area contributed by atoms with Gasteiger partial charge in [-0.05, 0) is 52.9 Å². The summed E-state index contributed by atoms with van der Waals surface area (Å²) in [7, 11) is 3.30. The van der Waals surface area contributed by atoms with Gasteiger partial charge in [-0.1, -0.05) is 48.5 Å². The number of carboxylic acids is 1. The Labute approximate surface area is 165 Å². The van der Waals surface area contributed by atoms with E-state index in [1.807, 2.05) is 72.8 Å². The van der Waals surface area contributed by atoms with Crippen LogP contribution >= 0.6 is 0 Å². The Hall–Kier alpha value is -3.27. The predicted octanol–water partition coefficient (Wildman–Crippen LogP) is 4.74. The van der Waals surface area contributed by atoms with Crippen molar-refractivity contribution in [2.45, 2.75) is 12.8 Å². The van der Waals surface area contributed by atoms with Crippen molar-refractivity contribution >= 4 is 5.97 Å². The topological polar surface area (TPSA) is 55.8 Å². The smallest absolute Gasteiger partial charge is 0.303 e. The van der Waals surface area contributed by atoms with Crippen LogP contribution in [0.4, 0.5) is 0 Å². The number of ether oxygens (including phenoxy) is 2. The normalized spacial score (nSPS) is 10.7. The lowest BCUT2D eigenvalue weighted by Gasteiger charge is -2.19. The number of methoxy groups -OCH3 is 2. The summed E-state index contributed by atoms with van der Waals surface area (Å²) in [4.78, 5) is 10.8. The first kappa shape index (κ1) is 19.5. The molecule has 0 spiro atoms. The Balaban J connectivity index is 1.95. The van der Waals surface area contributed by atoms with Gasteiger partial charge in [0.25, 0.3) is 0 Å². The molecule has 0 aromatic heterocycles. The summed E-state index contributed by atoms with van der Waals surface area (Å²) in [6.45, 7) is 0. The van der Waals surface area contributed by atoms with E-state index in [1.54, 1.807) is 14.2 Å². The van der Waals surface area contributed by atoms with Crippen LogP contribution in [0.15, 0.2) is 72.8 Å². The third-order valence-corrected chi connectivity index (χ3v) is 4.63.